The first-order valence-electron chi connectivity index (χ1n) is 3.81. The third-order valence-corrected chi connectivity index (χ3v) is 2.56. The van der Waals surface area contributed by atoms with Crippen molar-refractivity contribution in [2.75, 3.05) is 6.54 Å². The Kier molecular flexibility index (Phi) is 1.08. The molecule has 2 unspecified atom stereocenters. The molecule has 0 radical (unpaired) electrons. The van der Waals surface area contributed by atoms with Crippen LogP contribution in [0.1, 0.15) is 25.7 Å². The molecule has 2 atom stereocenters. The van der Waals surface area contributed by atoms with Crippen LogP contribution in [0.15, 0.2) is 0 Å². The van der Waals surface area contributed by atoms with E-state index in [1.165, 1.54) is 32.2 Å². The van der Waals surface area contributed by atoms with Crippen molar-refractivity contribution in [3.63, 3.8) is 0 Å². The van der Waals surface area contributed by atoms with Gasteiger partial charge in [-0.15, -0.1) is 0 Å². The maximum Gasteiger partial charge on any atom is 0.0321 e. The molecular weight excluding hydrogens is 112 g/mol. The van der Waals surface area contributed by atoms with Crippen molar-refractivity contribution in [2.45, 2.75) is 37.3 Å². The molecule has 0 aromatic rings. The Bertz CT molecular complexity index is 118. The monoisotopic (exact) mass is 126 g/mol. The highest BCUT2D eigenvalue weighted by Gasteiger charge is 2.44. The first kappa shape index (κ1) is 5.69. The lowest BCUT2D eigenvalue weighted by Crippen LogP contribution is -2.34. The molecule has 0 aromatic carbocycles. The van der Waals surface area contributed by atoms with E-state index in [-0.39, 0.29) is 0 Å². The normalized spacial score (nSPS) is 49.7. The maximum absolute atomic E-state index is 5.81. The fourth-order valence-electron chi connectivity index (χ4n) is 1.85. The summed E-state index contributed by atoms with van der Waals surface area (Å²) in [5.74, 6) is 0. The van der Waals surface area contributed by atoms with E-state index in [1.807, 2.05) is 0 Å². The first-order valence-corrected chi connectivity index (χ1v) is 3.81. The molecule has 2 aliphatic rings. The van der Waals surface area contributed by atoms with Crippen molar-refractivity contribution in [1.29, 1.82) is 0 Å². The molecule has 52 valence electrons. The molecule has 3 N–H and O–H groups in total. The van der Waals surface area contributed by atoms with Gasteiger partial charge in [0.05, 0.1) is 0 Å². The van der Waals surface area contributed by atoms with Gasteiger partial charge >= 0.3 is 0 Å². The molecule has 0 bridgehead atoms. The number of nitrogens with one attached hydrogen (secondary N) is 1. The van der Waals surface area contributed by atoms with Gasteiger partial charge in [-0.3, -0.25) is 0 Å². The molecule has 2 fully saturated rings. The molecule has 1 heterocycles. The summed E-state index contributed by atoms with van der Waals surface area (Å²) < 4.78 is 0. The predicted molar refractivity (Wildman–Crippen MR) is 37.2 cm³/mol. The summed E-state index contributed by atoms with van der Waals surface area (Å²) in [4.78, 5) is 0. The molecule has 9 heavy (non-hydrogen) atoms. The van der Waals surface area contributed by atoms with Crippen LogP contribution >= 0.6 is 0 Å². The topological polar surface area (TPSA) is 48.0 Å². The van der Waals surface area contributed by atoms with Gasteiger partial charge < -0.3 is 11.1 Å². The molecule has 2 heteroatoms. The minimum absolute atomic E-state index is 0.480. The Hall–Kier alpha value is -0.0800. The highest BCUT2D eigenvalue weighted by atomic mass is 15.2. The van der Waals surface area contributed by atoms with Crippen LogP contribution in [0, 0.1) is 0 Å². The zero-order chi connectivity index (χ0) is 6.32. The van der Waals surface area contributed by atoms with Gasteiger partial charge in [-0.25, -0.2) is 0 Å². The van der Waals surface area contributed by atoms with Crippen LogP contribution < -0.4 is 11.1 Å². The van der Waals surface area contributed by atoms with Crippen LogP contribution in [0.25, 0.3) is 0 Å². The summed E-state index contributed by atoms with van der Waals surface area (Å²) >= 11 is 0. The largest absolute Gasteiger partial charge is 0.328 e. The summed E-state index contributed by atoms with van der Waals surface area (Å²) in [6, 6.07) is 0.480. The van der Waals surface area contributed by atoms with Gasteiger partial charge in [-0.1, -0.05) is 6.42 Å². The second kappa shape index (κ2) is 1.70. The van der Waals surface area contributed by atoms with Crippen molar-refractivity contribution < 1.29 is 0 Å². The Morgan fingerprint density at radius 1 is 1.56 bits per heavy atom. The number of hydrogen-bond acceptors (Lipinski definition) is 2. The standard InChI is InChI=1S/C7H14N2/c8-6-2-1-3-7(4-6)5-9-7/h6,9H,1-5,8H2. The van der Waals surface area contributed by atoms with Crippen LogP contribution in [0.2, 0.25) is 0 Å². The van der Waals surface area contributed by atoms with Gasteiger partial charge in [-0.2, -0.15) is 0 Å². The minimum atomic E-state index is 0.480. The SMILES string of the molecule is NC1CCCC2(CN2)C1. The van der Waals surface area contributed by atoms with Crippen LogP contribution in [-0.4, -0.2) is 18.1 Å². The van der Waals surface area contributed by atoms with E-state index >= 15 is 0 Å². The lowest BCUT2D eigenvalue weighted by molar-refractivity contribution is 0.367. The predicted octanol–water partition coefficient (Wildman–Crippen LogP) is 0.230. The summed E-state index contributed by atoms with van der Waals surface area (Å²) in [6.07, 6.45) is 5.14. The third-order valence-electron chi connectivity index (χ3n) is 2.56. The van der Waals surface area contributed by atoms with Crippen LogP contribution in [0.4, 0.5) is 0 Å². The second-order valence-electron chi connectivity index (χ2n) is 3.49. The summed E-state index contributed by atoms with van der Waals surface area (Å²) in [6.45, 7) is 1.22. The molecule has 1 saturated heterocycles. The smallest absolute Gasteiger partial charge is 0.0321 e. The molecule has 0 aromatic heterocycles. The molecule has 1 saturated carbocycles. The number of rotatable bonds is 0. The lowest BCUT2D eigenvalue weighted by atomic mass is 9.86. The van der Waals surface area contributed by atoms with Gasteiger partial charge in [0.25, 0.3) is 0 Å². The average molecular weight is 126 g/mol. The van der Waals surface area contributed by atoms with E-state index in [2.05, 4.69) is 5.32 Å². The van der Waals surface area contributed by atoms with Gasteiger partial charge in [-0.05, 0) is 19.3 Å². The van der Waals surface area contributed by atoms with Gasteiger partial charge in [0.2, 0.25) is 0 Å². The highest BCUT2D eigenvalue weighted by molar-refractivity contribution is 5.07. The van der Waals surface area contributed by atoms with Crippen LogP contribution in [0.3, 0.4) is 0 Å². The molecule has 0 amide bonds. The molecule has 2 rings (SSSR count). The second-order valence-corrected chi connectivity index (χ2v) is 3.49. The quantitative estimate of drug-likeness (QED) is 0.456. The number of hydrogen-bond donors (Lipinski definition) is 2. The first-order chi connectivity index (χ1) is 4.31. The van der Waals surface area contributed by atoms with Gasteiger partial charge in [0, 0.05) is 18.1 Å². The van der Waals surface area contributed by atoms with Crippen molar-refractivity contribution in [3.05, 3.63) is 0 Å². The highest BCUT2D eigenvalue weighted by Crippen LogP contribution is 2.34. The molecule has 1 aliphatic carbocycles. The minimum Gasteiger partial charge on any atom is -0.328 e. The maximum atomic E-state index is 5.81. The molecule has 2 nitrogen and oxygen atoms in total. The fourth-order valence-corrected chi connectivity index (χ4v) is 1.85. The number of nitrogens with two attached hydrogens (primary N) is 1. The van der Waals surface area contributed by atoms with Gasteiger partial charge in [0.15, 0.2) is 0 Å². The summed E-state index contributed by atoms with van der Waals surface area (Å²) in [5.41, 5.74) is 6.34. The summed E-state index contributed by atoms with van der Waals surface area (Å²) in [7, 11) is 0. The van der Waals surface area contributed by atoms with Crippen LogP contribution in [0.5, 0.6) is 0 Å². The summed E-state index contributed by atoms with van der Waals surface area (Å²) in [5, 5.41) is 3.40. The molecule has 1 spiro atoms. The van der Waals surface area contributed by atoms with E-state index in [9.17, 15) is 0 Å². The zero-order valence-corrected chi connectivity index (χ0v) is 5.69. The van der Waals surface area contributed by atoms with Gasteiger partial charge in [0.1, 0.15) is 0 Å². The van der Waals surface area contributed by atoms with E-state index in [0.29, 0.717) is 11.6 Å². The van der Waals surface area contributed by atoms with E-state index < -0.39 is 0 Å². The Morgan fingerprint density at radius 3 is 2.78 bits per heavy atom. The fraction of sp³-hybridized carbons (Fsp3) is 1.00. The molecular formula is C7H14N2. The Labute approximate surface area is 55.8 Å². The molecule has 1 aliphatic heterocycles. The van der Waals surface area contributed by atoms with E-state index in [0.717, 1.165) is 0 Å². The van der Waals surface area contributed by atoms with Crippen molar-refractivity contribution in [3.8, 4) is 0 Å². The average Bonchev–Trinajstić information content (AvgIpc) is 2.49. The van der Waals surface area contributed by atoms with Crippen LogP contribution in [-0.2, 0) is 0 Å². The zero-order valence-electron chi connectivity index (χ0n) is 5.69. The van der Waals surface area contributed by atoms with E-state index in [1.54, 1.807) is 0 Å². The Balaban J connectivity index is 1.96. The van der Waals surface area contributed by atoms with Crippen molar-refractivity contribution in [2.24, 2.45) is 5.73 Å². The van der Waals surface area contributed by atoms with E-state index in [4.69, 9.17) is 5.73 Å². The van der Waals surface area contributed by atoms with Crippen molar-refractivity contribution >= 4 is 0 Å². The third kappa shape index (κ3) is 0.970. The lowest BCUT2D eigenvalue weighted by Gasteiger charge is -2.24. The Morgan fingerprint density at radius 2 is 2.33 bits per heavy atom. The van der Waals surface area contributed by atoms with Crippen molar-refractivity contribution in [1.82, 2.24) is 5.32 Å².